The van der Waals surface area contributed by atoms with Crippen molar-refractivity contribution in [3.05, 3.63) is 18.6 Å². The molecule has 0 unspecified atom stereocenters. The maximum absolute atomic E-state index is 11.4. The highest BCUT2D eigenvalue weighted by Gasteiger charge is 2.39. The van der Waals surface area contributed by atoms with E-state index in [1.165, 1.54) is 6.33 Å². The molecule has 0 saturated heterocycles. The van der Waals surface area contributed by atoms with Crippen LogP contribution >= 0.6 is 0 Å². The largest absolute Gasteiger partial charge is 0.481 e. The summed E-state index contributed by atoms with van der Waals surface area (Å²) in [6.07, 6.45) is 7.74. The molecule has 2 rings (SSSR count). The Kier molecular flexibility index (Phi) is 3.56. The number of carbonyl (C=O) groups is 1. The van der Waals surface area contributed by atoms with Gasteiger partial charge in [0.1, 0.15) is 12.1 Å². The van der Waals surface area contributed by atoms with Gasteiger partial charge in [0.15, 0.2) is 0 Å². The van der Waals surface area contributed by atoms with Gasteiger partial charge in [0.25, 0.3) is 0 Å². The summed E-state index contributed by atoms with van der Waals surface area (Å²) in [5.41, 5.74) is -0.622. The SMILES string of the molecule is O=C(O)C1(CNc2ccncn2)CCCCC1. The molecule has 0 atom stereocenters. The van der Waals surface area contributed by atoms with Crippen LogP contribution in [0.3, 0.4) is 0 Å². The van der Waals surface area contributed by atoms with Crippen LogP contribution in [0.2, 0.25) is 0 Å². The van der Waals surface area contributed by atoms with E-state index in [1.807, 2.05) is 0 Å². The summed E-state index contributed by atoms with van der Waals surface area (Å²) in [4.78, 5) is 19.3. The molecule has 1 heterocycles. The summed E-state index contributed by atoms with van der Waals surface area (Å²) < 4.78 is 0. The second-order valence-electron chi connectivity index (χ2n) is 4.59. The second kappa shape index (κ2) is 5.12. The lowest BCUT2D eigenvalue weighted by Gasteiger charge is -2.33. The minimum absolute atomic E-state index is 0.444. The lowest BCUT2D eigenvalue weighted by atomic mass is 9.74. The molecule has 1 saturated carbocycles. The van der Waals surface area contributed by atoms with E-state index in [0.717, 1.165) is 32.1 Å². The fourth-order valence-electron chi connectivity index (χ4n) is 2.35. The van der Waals surface area contributed by atoms with Crippen molar-refractivity contribution in [1.29, 1.82) is 0 Å². The Morgan fingerprint density at radius 3 is 2.76 bits per heavy atom. The third kappa shape index (κ3) is 2.72. The van der Waals surface area contributed by atoms with Gasteiger partial charge in [-0.25, -0.2) is 9.97 Å². The van der Waals surface area contributed by atoms with Crippen molar-refractivity contribution in [2.24, 2.45) is 5.41 Å². The van der Waals surface area contributed by atoms with Crippen molar-refractivity contribution >= 4 is 11.8 Å². The molecule has 5 heteroatoms. The zero-order valence-electron chi connectivity index (χ0n) is 9.72. The number of aromatic nitrogens is 2. The number of rotatable bonds is 4. The molecule has 0 aromatic carbocycles. The maximum atomic E-state index is 11.4. The summed E-state index contributed by atoms with van der Waals surface area (Å²) in [5.74, 6) is -0.00930. The Balaban J connectivity index is 2.01. The van der Waals surface area contributed by atoms with Gasteiger partial charge in [-0.15, -0.1) is 0 Å². The first-order valence-electron chi connectivity index (χ1n) is 5.96. The van der Waals surface area contributed by atoms with Crippen LogP contribution in [-0.2, 0) is 4.79 Å². The summed E-state index contributed by atoms with van der Waals surface area (Å²) in [6.45, 7) is 0.444. The van der Waals surface area contributed by atoms with Gasteiger partial charge in [0.2, 0.25) is 0 Å². The fourth-order valence-corrected chi connectivity index (χ4v) is 2.35. The molecule has 5 nitrogen and oxygen atoms in total. The maximum Gasteiger partial charge on any atom is 0.311 e. The Morgan fingerprint density at radius 1 is 1.41 bits per heavy atom. The Labute approximate surface area is 100 Å². The summed E-state index contributed by atoms with van der Waals surface area (Å²) in [6, 6.07) is 1.75. The number of hydrogen-bond donors (Lipinski definition) is 2. The summed E-state index contributed by atoms with van der Waals surface area (Å²) in [7, 11) is 0. The molecule has 1 aliphatic carbocycles. The number of anilines is 1. The smallest absolute Gasteiger partial charge is 0.311 e. The third-order valence-electron chi connectivity index (χ3n) is 3.45. The standard InChI is InChI=1S/C12H17N3O2/c16-11(17)12(5-2-1-3-6-12)8-14-10-4-7-13-9-15-10/h4,7,9H,1-3,5-6,8H2,(H,16,17)(H,13,14,15). The highest BCUT2D eigenvalue weighted by Crippen LogP contribution is 2.36. The highest BCUT2D eigenvalue weighted by molar-refractivity contribution is 5.75. The zero-order chi connectivity index (χ0) is 12.1. The molecule has 92 valence electrons. The average Bonchev–Trinajstić information content (AvgIpc) is 2.38. The fraction of sp³-hybridized carbons (Fsp3) is 0.583. The van der Waals surface area contributed by atoms with Crippen molar-refractivity contribution < 1.29 is 9.90 Å². The number of carboxylic acids is 1. The van der Waals surface area contributed by atoms with E-state index in [2.05, 4.69) is 15.3 Å². The highest BCUT2D eigenvalue weighted by atomic mass is 16.4. The van der Waals surface area contributed by atoms with Crippen LogP contribution in [0.5, 0.6) is 0 Å². The van der Waals surface area contributed by atoms with Crippen molar-refractivity contribution in [3.63, 3.8) is 0 Å². The molecular formula is C12H17N3O2. The van der Waals surface area contributed by atoms with Gasteiger partial charge in [-0.05, 0) is 18.9 Å². The van der Waals surface area contributed by atoms with Crippen molar-refractivity contribution in [2.75, 3.05) is 11.9 Å². The lowest BCUT2D eigenvalue weighted by Crippen LogP contribution is -2.39. The number of nitrogens with one attached hydrogen (secondary N) is 1. The van der Waals surface area contributed by atoms with E-state index in [0.29, 0.717) is 12.4 Å². The van der Waals surface area contributed by atoms with Crippen LogP contribution in [0.1, 0.15) is 32.1 Å². The van der Waals surface area contributed by atoms with Gasteiger partial charge in [0.05, 0.1) is 5.41 Å². The lowest BCUT2D eigenvalue weighted by molar-refractivity contribution is -0.150. The second-order valence-corrected chi connectivity index (χ2v) is 4.59. The number of hydrogen-bond acceptors (Lipinski definition) is 4. The van der Waals surface area contributed by atoms with E-state index in [-0.39, 0.29) is 0 Å². The molecule has 0 amide bonds. The summed E-state index contributed by atoms with van der Waals surface area (Å²) in [5, 5.41) is 12.5. The first kappa shape index (κ1) is 11.8. The van der Waals surface area contributed by atoms with Gasteiger partial charge < -0.3 is 10.4 Å². The van der Waals surface area contributed by atoms with Crippen molar-refractivity contribution in [1.82, 2.24) is 9.97 Å². The van der Waals surface area contributed by atoms with E-state index in [4.69, 9.17) is 0 Å². The Hall–Kier alpha value is -1.65. The topological polar surface area (TPSA) is 75.1 Å². The molecule has 17 heavy (non-hydrogen) atoms. The van der Waals surface area contributed by atoms with Gasteiger partial charge >= 0.3 is 5.97 Å². The van der Waals surface area contributed by atoms with E-state index in [9.17, 15) is 9.90 Å². The molecule has 1 fully saturated rings. The quantitative estimate of drug-likeness (QED) is 0.834. The van der Waals surface area contributed by atoms with Crippen LogP contribution in [0, 0.1) is 5.41 Å². The molecule has 0 aliphatic heterocycles. The zero-order valence-corrected chi connectivity index (χ0v) is 9.72. The molecule has 0 radical (unpaired) electrons. The Morgan fingerprint density at radius 2 is 2.18 bits per heavy atom. The predicted molar refractivity (Wildman–Crippen MR) is 63.7 cm³/mol. The van der Waals surface area contributed by atoms with Gasteiger partial charge in [-0.3, -0.25) is 4.79 Å². The molecule has 2 N–H and O–H groups in total. The van der Waals surface area contributed by atoms with E-state index in [1.54, 1.807) is 12.3 Å². The minimum atomic E-state index is -0.696. The van der Waals surface area contributed by atoms with Crippen LogP contribution in [0.15, 0.2) is 18.6 Å². The minimum Gasteiger partial charge on any atom is -0.481 e. The van der Waals surface area contributed by atoms with Gasteiger partial charge in [-0.1, -0.05) is 19.3 Å². The molecule has 0 bridgehead atoms. The van der Waals surface area contributed by atoms with Crippen LogP contribution in [-0.4, -0.2) is 27.6 Å². The van der Waals surface area contributed by atoms with Crippen LogP contribution in [0.25, 0.3) is 0 Å². The third-order valence-corrected chi connectivity index (χ3v) is 3.45. The van der Waals surface area contributed by atoms with Crippen LogP contribution < -0.4 is 5.32 Å². The normalized spacial score (nSPS) is 18.6. The molecule has 1 aromatic heterocycles. The van der Waals surface area contributed by atoms with Crippen molar-refractivity contribution in [2.45, 2.75) is 32.1 Å². The monoisotopic (exact) mass is 235 g/mol. The predicted octanol–water partition coefficient (Wildman–Crippen LogP) is 1.92. The first-order valence-corrected chi connectivity index (χ1v) is 5.96. The number of nitrogens with zero attached hydrogens (tertiary/aromatic N) is 2. The van der Waals surface area contributed by atoms with Gasteiger partial charge in [0, 0.05) is 12.7 Å². The average molecular weight is 235 g/mol. The Bertz CT molecular complexity index is 375. The van der Waals surface area contributed by atoms with Crippen molar-refractivity contribution in [3.8, 4) is 0 Å². The van der Waals surface area contributed by atoms with Crippen LogP contribution in [0.4, 0.5) is 5.82 Å². The number of aliphatic carboxylic acids is 1. The molecular weight excluding hydrogens is 218 g/mol. The van der Waals surface area contributed by atoms with E-state index < -0.39 is 11.4 Å². The summed E-state index contributed by atoms with van der Waals surface area (Å²) >= 11 is 0. The van der Waals surface area contributed by atoms with Gasteiger partial charge in [-0.2, -0.15) is 0 Å². The molecule has 0 spiro atoms. The first-order chi connectivity index (χ1) is 8.23. The van der Waals surface area contributed by atoms with E-state index >= 15 is 0 Å². The number of carboxylic acid groups (broad SMARTS) is 1. The molecule has 1 aliphatic rings. The molecule has 1 aromatic rings.